The number of benzene rings is 2. The monoisotopic (exact) mass is 495 g/mol. The van der Waals surface area contributed by atoms with Gasteiger partial charge in [0.25, 0.3) is 11.1 Å². The van der Waals surface area contributed by atoms with Gasteiger partial charge in [0.05, 0.1) is 11.5 Å². The van der Waals surface area contributed by atoms with E-state index in [9.17, 15) is 14.4 Å². The van der Waals surface area contributed by atoms with Gasteiger partial charge in [-0.25, -0.2) is 0 Å². The van der Waals surface area contributed by atoms with Gasteiger partial charge in [0.2, 0.25) is 5.91 Å². The highest BCUT2D eigenvalue weighted by Gasteiger charge is 2.36. The summed E-state index contributed by atoms with van der Waals surface area (Å²) in [7, 11) is 0. The maximum Gasteiger partial charge on any atom is 0.294 e. The van der Waals surface area contributed by atoms with Gasteiger partial charge >= 0.3 is 0 Å². The summed E-state index contributed by atoms with van der Waals surface area (Å²) in [5.74, 6) is 0.813. The number of carbonyl (C=O) groups is 3. The third-order valence-electron chi connectivity index (χ3n) is 4.86. The molecule has 2 aliphatic rings. The molecule has 10 nitrogen and oxygen atoms in total. The van der Waals surface area contributed by atoms with Gasteiger partial charge < -0.3 is 24.3 Å². The number of nitrogens with zero attached hydrogens (tertiary/aromatic N) is 2. The van der Waals surface area contributed by atoms with Crippen molar-refractivity contribution in [1.29, 1.82) is 5.26 Å². The molecule has 35 heavy (non-hydrogen) atoms. The van der Waals surface area contributed by atoms with Crippen molar-refractivity contribution in [2.24, 2.45) is 0 Å². The van der Waals surface area contributed by atoms with E-state index in [-0.39, 0.29) is 11.5 Å². The Hall–Kier alpha value is -4.17. The van der Waals surface area contributed by atoms with E-state index in [1.165, 1.54) is 0 Å². The molecule has 0 saturated carbocycles. The van der Waals surface area contributed by atoms with Gasteiger partial charge in [-0.3, -0.25) is 19.3 Å². The summed E-state index contributed by atoms with van der Waals surface area (Å²) in [5, 5.41) is 10.8. The van der Waals surface area contributed by atoms with Gasteiger partial charge in [0.1, 0.15) is 25.8 Å². The highest BCUT2D eigenvalue weighted by molar-refractivity contribution is 8.18. The maximum atomic E-state index is 12.8. The molecule has 1 saturated heterocycles. The van der Waals surface area contributed by atoms with Crippen LogP contribution in [0.2, 0.25) is 0 Å². The van der Waals surface area contributed by atoms with E-state index in [2.05, 4.69) is 5.32 Å². The van der Waals surface area contributed by atoms with E-state index < -0.39 is 23.6 Å². The maximum absolute atomic E-state index is 12.8. The Kier molecular flexibility index (Phi) is 7.42. The van der Waals surface area contributed by atoms with Crippen LogP contribution in [0.3, 0.4) is 0 Å². The van der Waals surface area contributed by atoms with Gasteiger partial charge in [-0.1, -0.05) is 6.07 Å². The Bertz CT molecular complexity index is 1240. The van der Waals surface area contributed by atoms with Crippen LogP contribution in [0.1, 0.15) is 12.5 Å². The molecule has 1 N–H and O–H groups in total. The van der Waals surface area contributed by atoms with Gasteiger partial charge in [-0.15, -0.1) is 0 Å². The fraction of sp³-hybridized carbons (Fsp3) is 0.250. The number of hydrogen-bond donors (Lipinski definition) is 1. The number of fused-ring (bicyclic) bond motifs is 1. The van der Waals surface area contributed by atoms with Crippen molar-refractivity contribution in [3.05, 3.63) is 46.9 Å². The number of nitrogens with one attached hydrogen (secondary N) is 1. The molecule has 2 aliphatic heterocycles. The van der Waals surface area contributed by atoms with Crippen LogP contribution >= 0.6 is 11.8 Å². The summed E-state index contributed by atoms with van der Waals surface area (Å²) in [6.45, 7) is 2.49. The number of carbonyl (C=O) groups excluding carboxylic acids is 3. The number of nitriles is 1. The molecule has 1 fully saturated rings. The number of amides is 3. The summed E-state index contributed by atoms with van der Waals surface area (Å²) in [6.07, 6.45) is 1.54. The molecule has 4 rings (SSSR count). The van der Waals surface area contributed by atoms with Crippen molar-refractivity contribution in [3.8, 4) is 29.1 Å². The summed E-state index contributed by atoms with van der Waals surface area (Å²) in [4.78, 5) is 38.9. The van der Waals surface area contributed by atoms with Crippen molar-refractivity contribution in [3.63, 3.8) is 0 Å². The van der Waals surface area contributed by atoms with Crippen LogP contribution in [-0.2, 0) is 9.59 Å². The minimum Gasteiger partial charge on any atom is -0.490 e. The Morgan fingerprint density at radius 1 is 1.14 bits per heavy atom. The number of hydrogen-bond acceptors (Lipinski definition) is 9. The smallest absolute Gasteiger partial charge is 0.294 e. The lowest BCUT2D eigenvalue weighted by Crippen LogP contribution is -2.36. The minimum absolute atomic E-state index is 0.132. The molecular formula is C24H21N3O7S. The zero-order chi connectivity index (χ0) is 24.8. The molecule has 0 bridgehead atoms. The van der Waals surface area contributed by atoms with Crippen LogP contribution in [-0.4, -0.2) is 54.9 Å². The molecule has 2 aromatic carbocycles. The molecule has 2 aromatic rings. The number of thioether (sulfide) groups is 1. The highest BCUT2D eigenvalue weighted by atomic mass is 32.2. The van der Waals surface area contributed by atoms with Crippen LogP contribution in [0.4, 0.5) is 10.5 Å². The van der Waals surface area contributed by atoms with Crippen molar-refractivity contribution in [2.45, 2.75) is 6.92 Å². The number of ether oxygens (including phenoxy) is 4. The first kappa shape index (κ1) is 24.0. The normalized spacial score (nSPS) is 15.7. The van der Waals surface area contributed by atoms with Crippen LogP contribution in [0.5, 0.6) is 23.0 Å². The summed E-state index contributed by atoms with van der Waals surface area (Å²) in [5.41, 5.74) is 1.06. The molecule has 0 radical (unpaired) electrons. The van der Waals surface area contributed by atoms with Gasteiger partial charge in [-0.2, -0.15) is 5.26 Å². The average molecular weight is 496 g/mol. The SMILES string of the molecule is CCOc1cc(/C=C2\SC(=O)N(CC(=O)Nc3ccc4c(c3)OCCO4)C2=O)ccc1OCC#N. The second-order valence-electron chi connectivity index (χ2n) is 7.26. The predicted octanol–water partition coefficient (Wildman–Crippen LogP) is 3.43. The zero-order valence-corrected chi connectivity index (χ0v) is 19.6. The lowest BCUT2D eigenvalue weighted by molar-refractivity contribution is -0.127. The lowest BCUT2D eigenvalue weighted by Gasteiger charge is -2.19. The molecule has 3 amide bonds. The summed E-state index contributed by atoms with van der Waals surface area (Å²) in [6, 6.07) is 11.8. The standard InChI is InChI=1S/C24H21N3O7S/c1-2-31-19-11-15(3-5-17(19)32-8-7-25)12-21-23(29)27(24(30)35-21)14-22(28)26-16-4-6-18-20(13-16)34-10-9-33-18/h3-6,11-13H,2,8-10,14H2,1H3,(H,26,28)/b21-12-. The fourth-order valence-corrected chi connectivity index (χ4v) is 4.20. The average Bonchev–Trinajstić information content (AvgIpc) is 3.11. The van der Waals surface area contributed by atoms with E-state index in [1.807, 2.05) is 13.0 Å². The van der Waals surface area contributed by atoms with Crippen LogP contribution in [0.25, 0.3) is 6.08 Å². The molecule has 0 aliphatic carbocycles. The quantitative estimate of drug-likeness (QED) is 0.548. The molecule has 2 heterocycles. The van der Waals surface area contributed by atoms with Crippen molar-refractivity contribution in [1.82, 2.24) is 4.90 Å². The van der Waals surface area contributed by atoms with Crippen molar-refractivity contribution >= 4 is 40.6 Å². The number of imide groups is 1. The molecule has 11 heteroatoms. The van der Waals surface area contributed by atoms with E-state index >= 15 is 0 Å². The van der Waals surface area contributed by atoms with E-state index in [4.69, 9.17) is 24.2 Å². The predicted molar refractivity (Wildman–Crippen MR) is 127 cm³/mol. The summed E-state index contributed by atoms with van der Waals surface area (Å²) >= 11 is 0.748. The van der Waals surface area contributed by atoms with Crippen molar-refractivity contribution in [2.75, 3.05) is 38.3 Å². The Morgan fingerprint density at radius 3 is 2.71 bits per heavy atom. The van der Waals surface area contributed by atoms with Gasteiger partial charge in [0.15, 0.2) is 29.6 Å². The molecule has 0 spiro atoms. The first-order valence-electron chi connectivity index (χ1n) is 10.7. The number of anilines is 1. The van der Waals surface area contributed by atoms with Crippen LogP contribution in [0.15, 0.2) is 41.3 Å². The second kappa shape index (κ2) is 10.8. The van der Waals surface area contributed by atoms with Crippen molar-refractivity contribution < 1.29 is 33.3 Å². The number of rotatable bonds is 8. The largest absolute Gasteiger partial charge is 0.490 e. The Morgan fingerprint density at radius 2 is 1.94 bits per heavy atom. The van der Waals surface area contributed by atoms with Crippen LogP contribution in [0, 0.1) is 11.3 Å². The van der Waals surface area contributed by atoms with Gasteiger partial charge in [0, 0.05) is 11.8 Å². The Balaban J connectivity index is 1.43. The Labute approximate surface area is 205 Å². The minimum atomic E-state index is -0.569. The fourth-order valence-electron chi connectivity index (χ4n) is 3.36. The summed E-state index contributed by atoms with van der Waals surface area (Å²) < 4.78 is 21.8. The first-order chi connectivity index (χ1) is 17.0. The molecular weight excluding hydrogens is 474 g/mol. The molecule has 180 valence electrons. The second-order valence-corrected chi connectivity index (χ2v) is 8.25. The van der Waals surface area contributed by atoms with E-state index in [0.717, 1.165) is 16.7 Å². The zero-order valence-electron chi connectivity index (χ0n) is 18.7. The van der Waals surface area contributed by atoms with Crippen LogP contribution < -0.4 is 24.3 Å². The molecule has 0 atom stereocenters. The van der Waals surface area contributed by atoms with E-state index in [0.29, 0.717) is 54.1 Å². The highest BCUT2D eigenvalue weighted by Crippen LogP contribution is 2.35. The molecule has 0 unspecified atom stereocenters. The lowest BCUT2D eigenvalue weighted by atomic mass is 10.2. The third kappa shape index (κ3) is 5.67. The first-order valence-corrected chi connectivity index (χ1v) is 11.5. The van der Waals surface area contributed by atoms with E-state index in [1.54, 1.807) is 42.5 Å². The van der Waals surface area contributed by atoms with Gasteiger partial charge in [-0.05, 0) is 54.6 Å². The topological polar surface area (TPSA) is 127 Å². The molecule has 0 aromatic heterocycles. The third-order valence-corrected chi connectivity index (χ3v) is 5.77.